The van der Waals surface area contributed by atoms with Crippen molar-refractivity contribution in [3.05, 3.63) is 102 Å². The molecule has 2 N–H and O–H groups in total. The minimum Gasteiger partial charge on any atom is -0.462 e. The Morgan fingerprint density at radius 3 is 2.03 bits per heavy atom. The highest BCUT2D eigenvalue weighted by Gasteiger charge is 2.21. The number of rotatable bonds is 6. The highest BCUT2D eigenvalue weighted by Crippen LogP contribution is 2.34. The quantitative estimate of drug-likeness (QED) is 0.319. The van der Waals surface area contributed by atoms with Gasteiger partial charge in [-0.2, -0.15) is 0 Å². The molecule has 5 aromatic rings. The van der Waals surface area contributed by atoms with Crippen LogP contribution < -0.4 is 10.6 Å². The van der Waals surface area contributed by atoms with Crippen molar-refractivity contribution in [2.45, 2.75) is 0 Å². The Labute approximate surface area is 192 Å². The summed E-state index contributed by atoms with van der Waals surface area (Å²) in [6, 6.07) is 23.2. The van der Waals surface area contributed by atoms with Gasteiger partial charge in [0.2, 0.25) is 0 Å². The number of furan rings is 2. The Morgan fingerprint density at radius 1 is 0.727 bits per heavy atom. The third kappa shape index (κ3) is 4.46. The Morgan fingerprint density at radius 2 is 1.39 bits per heavy atom. The fourth-order valence-corrected chi connectivity index (χ4v) is 4.15. The number of nitrogens with one attached hydrogen (secondary N) is 2. The molecule has 0 spiro atoms. The molecule has 8 heteroatoms. The summed E-state index contributed by atoms with van der Waals surface area (Å²) >= 11 is 1.27. The molecular weight excluding hydrogens is 438 g/mol. The van der Waals surface area contributed by atoms with E-state index in [1.807, 2.05) is 36.4 Å². The molecule has 0 aliphatic heterocycles. The van der Waals surface area contributed by atoms with Crippen LogP contribution in [-0.4, -0.2) is 16.8 Å². The number of anilines is 2. The normalized spacial score (nSPS) is 10.7. The van der Waals surface area contributed by atoms with Crippen molar-refractivity contribution in [2.24, 2.45) is 0 Å². The number of hydrogen-bond acceptors (Lipinski definition) is 6. The van der Waals surface area contributed by atoms with Crippen LogP contribution >= 0.6 is 11.3 Å². The van der Waals surface area contributed by atoms with Gasteiger partial charge in [0.25, 0.3) is 11.8 Å². The van der Waals surface area contributed by atoms with E-state index in [1.54, 1.807) is 48.7 Å². The van der Waals surface area contributed by atoms with E-state index in [2.05, 4.69) is 15.6 Å². The Balaban J connectivity index is 1.36. The maximum Gasteiger partial charge on any atom is 0.291 e. The second-order valence-electron chi connectivity index (χ2n) is 7.00. The van der Waals surface area contributed by atoms with Crippen LogP contribution in [0.3, 0.4) is 0 Å². The summed E-state index contributed by atoms with van der Waals surface area (Å²) in [4.78, 5) is 30.4. The van der Waals surface area contributed by atoms with Crippen molar-refractivity contribution in [3.63, 3.8) is 0 Å². The van der Waals surface area contributed by atoms with E-state index in [9.17, 15) is 9.59 Å². The summed E-state index contributed by atoms with van der Waals surface area (Å²) in [5.41, 5.74) is 2.60. The molecule has 33 heavy (non-hydrogen) atoms. The average molecular weight is 455 g/mol. The van der Waals surface area contributed by atoms with Crippen molar-refractivity contribution >= 4 is 34.5 Å². The van der Waals surface area contributed by atoms with Gasteiger partial charge < -0.3 is 19.5 Å². The monoisotopic (exact) mass is 455 g/mol. The third-order valence-electron chi connectivity index (χ3n) is 4.76. The Hall–Kier alpha value is -4.43. The first-order valence-corrected chi connectivity index (χ1v) is 10.9. The van der Waals surface area contributed by atoms with Gasteiger partial charge in [0.15, 0.2) is 16.5 Å². The molecule has 162 valence electrons. The molecule has 0 atom stereocenters. The van der Waals surface area contributed by atoms with Gasteiger partial charge in [-0.25, -0.2) is 4.98 Å². The highest BCUT2D eigenvalue weighted by molar-refractivity contribution is 7.17. The van der Waals surface area contributed by atoms with Crippen molar-refractivity contribution in [1.29, 1.82) is 0 Å². The maximum absolute atomic E-state index is 13.2. The minimum absolute atomic E-state index is 0.221. The van der Waals surface area contributed by atoms with Crippen LogP contribution in [0.2, 0.25) is 0 Å². The first-order valence-electron chi connectivity index (χ1n) is 10.0. The number of hydrogen-bond donors (Lipinski definition) is 2. The minimum atomic E-state index is -0.348. The van der Waals surface area contributed by atoms with E-state index in [4.69, 9.17) is 8.83 Å². The number of thiazole rings is 1. The van der Waals surface area contributed by atoms with E-state index in [1.165, 1.54) is 17.6 Å². The van der Waals surface area contributed by atoms with Crippen LogP contribution in [0.25, 0.3) is 22.0 Å². The standard InChI is InChI=1S/C25H17N3O4S/c29-23(19-8-4-14-31-19)26-17-10-12-18(13-11-17)27-24(30)22-21(16-6-2-1-3-7-16)28-25(33-22)20-9-5-15-32-20/h1-15H,(H,26,29)(H,27,30). The third-order valence-corrected chi connectivity index (χ3v) is 5.83. The molecule has 0 aliphatic carbocycles. The number of benzene rings is 2. The van der Waals surface area contributed by atoms with E-state index in [-0.39, 0.29) is 17.6 Å². The largest absolute Gasteiger partial charge is 0.462 e. The molecule has 2 aromatic carbocycles. The van der Waals surface area contributed by atoms with E-state index in [0.717, 1.165) is 5.56 Å². The van der Waals surface area contributed by atoms with Gasteiger partial charge in [-0.1, -0.05) is 30.3 Å². The highest BCUT2D eigenvalue weighted by atomic mass is 32.1. The molecule has 0 fully saturated rings. The molecule has 0 unspecified atom stereocenters. The van der Waals surface area contributed by atoms with Gasteiger partial charge in [-0.05, 0) is 48.5 Å². The first kappa shape index (κ1) is 20.5. The number of carbonyl (C=O) groups is 2. The number of nitrogens with zero attached hydrogens (tertiary/aromatic N) is 1. The topological polar surface area (TPSA) is 97.4 Å². The van der Waals surface area contributed by atoms with Crippen LogP contribution in [0.5, 0.6) is 0 Å². The zero-order valence-electron chi connectivity index (χ0n) is 17.1. The van der Waals surface area contributed by atoms with Gasteiger partial charge >= 0.3 is 0 Å². The molecule has 3 heterocycles. The van der Waals surface area contributed by atoms with Crippen molar-refractivity contribution in [1.82, 2.24) is 4.98 Å². The van der Waals surface area contributed by atoms with Gasteiger partial charge in [0.1, 0.15) is 4.88 Å². The lowest BCUT2D eigenvalue weighted by molar-refractivity contribution is 0.0994. The molecule has 0 saturated carbocycles. The molecule has 5 rings (SSSR count). The van der Waals surface area contributed by atoms with Crippen LogP contribution in [-0.2, 0) is 0 Å². The second kappa shape index (κ2) is 8.97. The summed E-state index contributed by atoms with van der Waals surface area (Å²) in [5.74, 6) is 0.196. The van der Waals surface area contributed by atoms with Gasteiger partial charge in [-0.3, -0.25) is 9.59 Å². The molecule has 0 saturated heterocycles. The van der Waals surface area contributed by atoms with Crippen LogP contribution in [0.1, 0.15) is 20.2 Å². The van der Waals surface area contributed by atoms with Gasteiger partial charge in [0, 0.05) is 16.9 Å². The predicted molar refractivity (Wildman–Crippen MR) is 126 cm³/mol. The average Bonchev–Trinajstić information content (AvgIpc) is 3.62. The Bertz CT molecular complexity index is 1370. The fourth-order valence-electron chi connectivity index (χ4n) is 3.20. The predicted octanol–water partition coefficient (Wildman–Crippen LogP) is 6.17. The number of aromatic nitrogens is 1. The van der Waals surface area contributed by atoms with Crippen LogP contribution in [0.15, 0.2) is 100 Å². The molecule has 0 aliphatic rings. The first-order chi connectivity index (χ1) is 16.2. The van der Waals surface area contributed by atoms with Crippen LogP contribution in [0, 0.1) is 0 Å². The molecule has 7 nitrogen and oxygen atoms in total. The second-order valence-corrected chi connectivity index (χ2v) is 8.00. The smallest absolute Gasteiger partial charge is 0.291 e. The summed E-state index contributed by atoms with van der Waals surface area (Å²) in [6.45, 7) is 0. The lowest BCUT2D eigenvalue weighted by atomic mass is 10.1. The van der Waals surface area contributed by atoms with E-state index < -0.39 is 0 Å². The SMILES string of the molecule is O=C(Nc1ccc(NC(=O)c2sc(-c3ccco3)nc2-c2ccccc2)cc1)c1ccco1. The number of carbonyl (C=O) groups excluding carboxylic acids is 2. The molecule has 0 radical (unpaired) electrons. The van der Waals surface area contributed by atoms with Gasteiger partial charge in [-0.15, -0.1) is 11.3 Å². The van der Waals surface area contributed by atoms with Crippen molar-refractivity contribution < 1.29 is 18.4 Å². The zero-order valence-corrected chi connectivity index (χ0v) is 18.0. The maximum atomic E-state index is 13.2. The lowest BCUT2D eigenvalue weighted by Crippen LogP contribution is -2.12. The summed E-state index contributed by atoms with van der Waals surface area (Å²) in [7, 11) is 0. The number of amides is 2. The molecular formula is C25H17N3O4S. The van der Waals surface area contributed by atoms with Crippen LogP contribution in [0.4, 0.5) is 11.4 Å². The molecule has 0 bridgehead atoms. The zero-order chi connectivity index (χ0) is 22.6. The lowest BCUT2D eigenvalue weighted by Gasteiger charge is -2.07. The van der Waals surface area contributed by atoms with Crippen molar-refractivity contribution in [3.8, 4) is 22.0 Å². The Kier molecular flexibility index (Phi) is 5.57. The summed E-state index contributed by atoms with van der Waals surface area (Å²) in [6.07, 6.45) is 3.01. The van der Waals surface area contributed by atoms with E-state index in [0.29, 0.717) is 32.7 Å². The summed E-state index contributed by atoms with van der Waals surface area (Å²) in [5, 5.41) is 6.27. The van der Waals surface area contributed by atoms with E-state index >= 15 is 0 Å². The fraction of sp³-hybridized carbons (Fsp3) is 0. The summed E-state index contributed by atoms with van der Waals surface area (Å²) < 4.78 is 10.6. The molecule has 2 amide bonds. The van der Waals surface area contributed by atoms with Gasteiger partial charge in [0.05, 0.1) is 18.2 Å². The van der Waals surface area contributed by atoms with Crippen molar-refractivity contribution in [2.75, 3.05) is 10.6 Å². The molecule has 3 aromatic heterocycles.